The Morgan fingerprint density at radius 3 is 2.78 bits per heavy atom. The largest absolute Gasteiger partial charge is 0.351 e. The summed E-state index contributed by atoms with van der Waals surface area (Å²) in [4.78, 5) is 24.9. The molecular formula is C27H26F2N8. The van der Waals surface area contributed by atoms with Gasteiger partial charge in [0.1, 0.15) is 11.6 Å². The molecule has 4 aromatic heterocycles. The molecule has 0 radical (unpaired) electrons. The molecule has 1 saturated carbocycles. The van der Waals surface area contributed by atoms with E-state index in [9.17, 15) is 8.78 Å². The first kappa shape index (κ1) is 22.4. The Kier molecular flexibility index (Phi) is 5.42. The highest BCUT2D eigenvalue weighted by Gasteiger charge is 2.39. The quantitative estimate of drug-likeness (QED) is 0.381. The second kappa shape index (κ2) is 8.95. The van der Waals surface area contributed by atoms with E-state index >= 15 is 0 Å². The van der Waals surface area contributed by atoms with Gasteiger partial charge in [0.15, 0.2) is 17.5 Å². The van der Waals surface area contributed by atoms with Gasteiger partial charge in [-0.05, 0) is 68.0 Å². The number of nitrogens with one attached hydrogen (secondary N) is 2. The summed E-state index contributed by atoms with van der Waals surface area (Å²) in [5, 5.41) is 7.52. The van der Waals surface area contributed by atoms with E-state index in [-0.39, 0.29) is 5.82 Å². The van der Waals surface area contributed by atoms with Crippen molar-refractivity contribution >= 4 is 28.4 Å². The van der Waals surface area contributed by atoms with E-state index < -0.39 is 11.8 Å². The van der Waals surface area contributed by atoms with E-state index in [0.29, 0.717) is 35.2 Å². The predicted octanol–water partition coefficient (Wildman–Crippen LogP) is 4.71. The molecule has 10 heteroatoms. The SMILES string of the molecule is Fc1ccc(F)c(Nc2cc(-c3nc(N4CCC5NCCC54)c4c(C5CCC5)cncc4n3)ccn2)n1. The van der Waals surface area contributed by atoms with Crippen LogP contribution in [0.25, 0.3) is 22.3 Å². The highest BCUT2D eigenvalue weighted by molar-refractivity contribution is 5.94. The maximum absolute atomic E-state index is 14.2. The number of aromatic nitrogens is 5. The molecule has 7 rings (SSSR count). The maximum Gasteiger partial charge on any atom is 0.214 e. The molecule has 2 unspecified atom stereocenters. The topological polar surface area (TPSA) is 91.8 Å². The fourth-order valence-corrected chi connectivity index (χ4v) is 5.85. The van der Waals surface area contributed by atoms with Gasteiger partial charge in [0.05, 0.1) is 11.7 Å². The van der Waals surface area contributed by atoms with Crippen molar-refractivity contribution in [2.75, 3.05) is 23.3 Å². The third-order valence-electron chi connectivity index (χ3n) is 7.90. The normalized spacial score (nSPS) is 21.3. The van der Waals surface area contributed by atoms with Crippen LogP contribution in [-0.4, -0.2) is 50.1 Å². The molecule has 2 atom stereocenters. The van der Waals surface area contributed by atoms with E-state index in [0.717, 1.165) is 54.8 Å². The Morgan fingerprint density at radius 1 is 1.00 bits per heavy atom. The van der Waals surface area contributed by atoms with Crippen LogP contribution in [0.2, 0.25) is 0 Å². The minimum atomic E-state index is -0.775. The molecule has 188 valence electrons. The minimum Gasteiger partial charge on any atom is -0.351 e. The fraction of sp³-hybridized carbons (Fsp3) is 0.370. The first-order valence-electron chi connectivity index (χ1n) is 12.9. The van der Waals surface area contributed by atoms with E-state index in [4.69, 9.17) is 9.97 Å². The summed E-state index contributed by atoms with van der Waals surface area (Å²) in [7, 11) is 0. The van der Waals surface area contributed by atoms with Crippen LogP contribution in [-0.2, 0) is 0 Å². The molecular weight excluding hydrogens is 474 g/mol. The maximum atomic E-state index is 14.2. The molecule has 37 heavy (non-hydrogen) atoms. The van der Waals surface area contributed by atoms with Crippen molar-refractivity contribution in [1.82, 2.24) is 30.2 Å². The second-order valence-electron chi connectivity index (χ2n) is 10.0. The molecule has 6 heterocycles. The summed E-state index contributed by atoms with van der Waals surface area (Å²) < 4.78 is 27.7. The molecule has 0 spiro atoms. The summed E-state index contributed by atoms with van der Waals surface area (Å²) >= 11 is 0. The smallest absolute Gasteiger partial charge is 0.214 e. The van der Waals surface area contributed by atoms with Gasteiger partial charge < -0.3 is 15.5 Å². The lowest BCUT2D eigenvalue weighted by Gasteiger charge is -2.30. The molecule has 0 amide bonds. The van der Waals surface area contributed by atoms with Crippen molar-refractivity contribution in [1.29, 1.82) is 0 Å². The van der Waals surface area contributed by atoms with E-state index in [1.807, 2.05) is 18.5 Å². The Labute approximate surface area is 212 Å². The molecule has 3 aliphatic rings. The number of hydrogen-bond acceptors (Lipinski definition) is 8. The lowest BCUT2D eigenvalue weighted by atomic mass is 9.79. The van der Waals surface area contributed by atoms with E-state index in [1.165, 1.54) is 24.8 Å². The van der Waals surface area contributed by atoms with Gasteiger partial charge in [0.25, 0.3) is 0 Å². The average molecular weight is 501 g/mol. The van der Waals surface area contributed by atoms with Crippen LogP contribution in [0.1, 0.15) is 43.6 Å². The minimum absolute atomic E-state index is 0.226. The van der Waals surface area contributed by atoms with Crippen LogP contribution in [0.4, 0.5) is 26.2 Å². The second-order valence-corrected chi connectivity index (χ2v) is 10.0. The number of pyridine rings is 3. The van der Waals surface area contributed by atoms with Gasteiger partial charge in [-0.3, -0.25) is 4.98 Å². The van der Waals surface area contributed by atoms with Gasteiger partial charge in [0.2, 0.25) is 5.95 Å². The van der Waals surface area contributed by atoms with Crippen LogP contribution >= 0.6 is 0 Å². The van der Waals surface area contributed by atoms with Crippen LogP contribution in [0.5, 0.6) is 0 Å². The van der Waals surface area contributed by atoms with Crippen LogP contribution < -0.4 is 15.5 Å². The number of hydrogen-bond donors (Lipinski definition) is 2. The monoisotopic (exact) mass is 500 g/mol. The number of rotatable bonds is 5. The van der Waals surface area contributed by atoms with Gasteiger partial charge in [-0.1, -0.05) is 6.42 Å². The molecule has 2 saturated heterocycles. The summed E-state index contributed by atoms with van der Waals surface area (Å²) in [6, 6.07) is 6.44. The van der Waals surface area contributed by atoms with Crippen molar-refractivity contribution in [3.8, 4) is 11.4 Å². The van der Waals surface area contributed by atoms with Crippen molar-refractivity contribution in [2.24, 2.45) is 0 Å². The van der Waals surface area contributed by atoms with Crippen molar-refractivity contribution in [3.05, 3.63) is 60.2 Å². The summed E-state index contributed by atoms with van der Waals surface area (Å²) in [6.45, 7) is 1.96. The van der Waals surface area contributed by atoms with Crippen LogP contribution in [0.15, 0.2) is 42.9 Å². The Hall–Kier alpha value is -3.79. The zero-order valence-corrected chi connectivity index (χ0v) is 20.2. The van der Waals surface area contributed by atoms with Crippen LogP contribution in [0.3, 0.4) is 0 Å². The first-order valence-corrected chi connectivity index (χ1v) is 12.9. The van der Waals surface area contributed by atoms with Crippen LogP contribution in [0, 0.1) is 11.8 Å². The number of fused-ring (bicyclic) bond motifs is 2. The third-order valence-corrected chi connectivity index (χ3v) is 7.90. The fourth-order valence-electron chi connectivity index (χ4n) is 5.85. The van der Waals surface area contributed by atoms with Crippen molar-refractivity contribution in [2.45, 2.75) is 50.1 Å². The molecule has 2 aliphatic heterocycles. The lowest BCUT2D eigenvalue weighted by molar-refractivity contribution is 0.421. The molecule has 8 nitrogen and oxygen atoms in total. The molecule has 0 bridgehead atoms. The van der Waals surface area contributed by atoms with Gasteiger partial charge >= 0.3 is 0 Å². The highest BCUT2D eigenvalue weighted by atomic mass is 19.1. The molecule has 3 fully saturated rings. The average Bonchev–Trinajstić information content (AvgIpc) is 3.49. The summed E-state index contributed by atoms with van der Waals surface area (Å²) in [5.41, 5.74) is 2.78. The van der Waals surface area contributed by atoms with E-state index in [1.54, 1.807) is 12.3 Å². The number of nitrogens with zero attached hydrogens (tertiary/aromatic N) is 6. The highest BCUT2D eigenvalue weighted by Crippen LogP contribution is 2.43. The predicted molar refractivity (Wildman–Crippen MR) is 137 cm³/mol. The Balaban J connectivity index is 1.33. The van der Waals surface area contributed by atoms with Crippen molar-refractivity contribution < 1.29 is 8.78 Å². The third kappa shape index (κ3) is 3.96. The molecule has 1 aliphatic carbocycles. The van der Waals surface area contributed by atoms with E-state index in [2.05, 4.69) is 30.5 Å². The van der Waals surface area contributed by atoms with Gasteiger partial charge in [-0.15, -0.1) is 0 Å². The van der Waals surface area contributed by atoms with Crippen molar-refractivity contribution in [3.63, 3.8) is 0 Å². The zero-order valence-electron chi connectivity index (χ0n) is 20.2. The number of halogens is 2. The molecule has 2 N–H and O–H groups in total. The Morgan fingerprint density at radius 2 is 1.92 bits per heavy atom. The first-order chi connectivity index (χ1) is 18.1. The summed E-state index contributed by atoms with van der Waals surface area (Å²) in [6.07, 6.45) is 11.2. The zero-order chi connectivity index (χ0) is 24.9. The summed E-state index contributed by atoms with van der Waals surface area (Å²) in [5.74, 6) is 0.657. The standard InChI is InChI=1S/C27H26F2N8/c28-18-4-5-22(29)34-26(18)35-23-12-16(6-9-32-23)25-33-20-14-30-13-17(15-2-1-3-15)24(20)27(36-25)37-11-8-19-21(37)7-10-31-19/h4-6,9,12-15,19,21,31H,1-3,7-8,10-11H2,(H,32,34,35). The number of anilines is 3. The Bertz CT molecular complexity index is 1490. The van der Waals surface area contributed by atoms with Gasteiger partial charge in [-0.2, -0.15) is 9.37 Å². The molecule has 0 aromatic carbocycles. The van der Waals surface area contributed by atoms with Gasteiger partial charge in [0, 0.05) is 42.0 Å². The van der Waals surface area contributed by atoms with Gasteiger partial charge in [-0.25, -0.2) is 19.3 Å². The molecule has 4 aromatic rings. The lowest BCUT2D eigenvalue weighted by Crippen LogP contribution is -2.35.